The molecule has 2 heterocycles. The Labute approximate surface area is 186 Å². The van der Waals surface area contributed by atoms with Crippen molar-refractivity contribution in [2.75, 3.05) is 7.11 Å². The lowest BCUT2D eigenvalue weighted by atomic mass is 10.1. The second-order valence-electron chi connectivity index (χ2n) is 7.14. The Hall–Kier alpha value is -3.85. The maximum absolute atomic E-state index is 12.9. The first-order valence-corrected chi connectivity index (χ1v) is 10.5. The van der Waals surface area contributed by atoms with E-state index < -0.39 is 11.5 Å². The molecular formula is C23H19N3O5S. The van der Waals surface area contributed by atoms with Crippen LogP contribution in [0.2, 0.25) is 0 Å². The van der Waals surface area contributed by atoms with Crippen LogP contribution in [0, 0.1) is 6.92 Å². The highest BCUT2D eigenvalue weighted by Crippen LogP contribution is 2.28. The maximum Gasteiger partial charge on any atom is 0.308 e. The number of ether oxygens (including phenoxy) is 2. The van der Waals surface area contributed by atoms with Gasteiger partial charge in [-0.15, -0.1) is 0 Å². The number of carbonyl (C=O) groups is 1. The van der Waals surface area contributed by atoms with Crippen LogP contribution < -0.4 is 25.1 Å². The van der Waals surface area contributed by atoms with Gasteiger partial charge in [-0.25, -0.2) is 0 Å². The van der Waals surface area contributed by atoms with Crippen LogP contribution in [-0.2, 0) is 11.2 Å². The minimum Gasteiger partial charge on any atom is -0.493 e. The van der Waals surface area contributed by atoms with Crippen LogP contribution in [-0.4, -0.2) is 27.7 Å². The molecule has 0 fully saturated rings. The molecule has 4 rings (SSSR count). The van der Waals surface area contributed by atoms with Gasteiger partial charge in [-0.2, -0.15) is 14.6 Å². The monoisotopic (exact) mass is 449 g/mol. The number of carbonyl (C=O) groups excluding carboxylic acids is 1. The van der Waals surface area contributed by atoms with E-state index in [-0.39, 0.29) is 28.4 Å². The molecule has 2 aromatic heterocycles. The summed E-state index contributed by atoms with van der Waals surface area (Å²) in [4.78, 5) is 40.8. The standard InChI is InChI=1S/C23H19N3O5S/c1-13-4-6-15(7-5-13)10-17-21(28)24-23-26(25-17)22(29)20(32-23)12-16-8-9-18(31-14(2)27)19(11-16)30-3/h4-9,11-12H,10H2,1-3H3/b20-12+. The number of hydrogen-bond acceptors (Lipinski definition) is 8. The molecule has 2 aromatic carbocycles. The lowest BCUT2D eigenvalue weighted by Crippen LogP contribution is -2.28. The normalized spacial score (nSPS) is 11.7. The van der Waals surface area contributed by atoms with Crippen LogP contribution in [0.4, 0.5) is 0 Å². The summed E-state index contributed by atoms with van der Waals surface area (Å²) in [6.07, 6.45) is 1.94. The number of rotatable bonds is 5. The predicted octanol–water partition coefficient (Wildman–Crippen LogP) is 1.89. The quantitative estimate of drug-likeness (QED) is 0.339. The van der Waals surface area contributed by atoms with Gasteiger partial charge in [-0.05, 0) is 36.3 Å². The third-order valence-corrected chi connectivity index (χ3v) is 5.64. The van der Waals surface area contributed by atoms with Crippen molar-refractivity contribution in [3.8, 4) is 11.5 Å². The van der Waals surface area contributed by atoms with E-state index in [1.54, 1.807) is 24.3 Å². The van der Waals surface area contributed by atoms with E-state index in [1.165, 1.54) is 14.0 Å². The van der Waals surface area contributed by atoms with E-state index in [1.807, 2.05) is 31.2 Å². The molecule has 32 heavy (non-hydrogen) atoms. The summed E-state index contributed by atoms with van der Waals surface area (Å²) >= 11 is 1.07. The Morgan fingerprint density at radius 3 is 2.56 bits per heavy atom. The first-order chi connectivity index (χ1) is 15.3. The fraction of sp³-hybridized carbons (Fsp3) is 0.174. The minimum atomic E-state index is -0.463. The van der Waals surface area contributed by atoms with E-state index in [0.29, 0.717) is 15.8 Å². The lowest BCUT2D eigenvalue weighted by Gasteiger charge is -2.08. The summed E-state index contributed by atoms with van der Waals surface area (Å²) in [6.45, 7) is 3.28. The van der Waals surface area contributed by atoms with Crippen LogP contribution in [0.1, 0.15) is 29.3 Å². The Bertz CT molecular complexity index is 1490. The van der Waals surface area contributed by atoms with Crippen LogP contribution in [0.3, 0.4) is 0 Å². The molecule has 0 N–H and O–H groups in total. The van der Waals surface area contributed by atoms with Gasteiger partial charge in [0.05, 0.1) is 11.6 Å². The molecule has 0 spiro atoms. The average Bonchev–Trinajstić information content (AvgIpc) is 3.05. The van der Waals surface area contributed by atoms with Gasteiger partial charge in [0.25, 0.3) is 11.1 Å². The minimum absolute atomic E-state index is 0.209. The summed E-state index contributed by atoms with van der Waals surface area (Å²) in [5.41, 5.74) is 2.07. The van der Waals surface area contributed by atoms with Crippen molar-refractivity contribution < 1.29 is 14.3 Å². The number of thiazole rings is 1. The zero-order valence-corrected chi connectivity index (χ0v) is 18.4. The van der Waals surface area contributed by atoms with Crippen LogP contribution in [0.25, 0.3) is 11.0 Å². The van der Waals surface area contributed by atoms with Gasteiger partial charge in [0.1, 0.15) is 5.69 Å². The number of hydrogen-bond donors (Lipinski definition) is 0. The fourth-order valence-corrected chi connectivity index (χ4v) is 4.02. The molecule has 0 aliphatic rings. The van der Waals surface area contributed by atoms with E-state index in [9.17, 15) is 14.4 Å². The van der Waals surface area contributed by atoms with Gasteiger partial charge in [0, 0.05) is 13.3 Å². The van der Waals surface area contributed by atoms with Gasteiger partial charge in [-0.1, -0.05) is 47.2 Å². The van der Waals surface area contributed by atoms with Crippen molar-refractivity contribution >= 4 is 28.3 Å². The van der Waals surface area contributed by atoms with Crippen molar-refractivity contribution in [1.29, 1.82) is 0 Å². The molecule has 0 atom stereocenters. The topological polar surface area (TPSA) is 99.9 Å². The van der Waals surface area contributed by atoms with E-state index in [4.69, 9.17) is 9.47 Å². The van der Waals surface area contributed by atoms with Crippen molar-refractivity contribution in [1.82, 2.24) is 14.6 Å². The van der Waals surface area contributed by atoms with Crippen LogP contribution >= 0.6 is 11.3 Å². The largest absolute Gasteiger partial charge is 0.493 e. The number of aromatic nitrogens is 3. The Kier molecular flexibility index (Phi) is 5.83. The molecule has 0 saturated heterocycles. The molecule has 8 nitrogen and oxygen atoms in total. The summed E-state index contributed by atoms with van der Waals surface area (Å²) in [5.74, 6) is 0.175. The molecular weight excluding hydrogens is 430 g/mol. The molecule has 162 valence electrons. The van der Waals surface area contributed by atoms with E-state index >= 15 is 0 Å². The van der Waals surface area contributed by atoms with Gasteiger partial charge >= 0.3 is 5.97 Å². The molecule has 4 aromatic rings. The number of benzene rings is 2. The second-order valence-corrected chi connectivity index (χ2v) is 8.15. The number of fused-ring (bicyclic) bond motifs is 1. The Balaban J connectivity index is 1.74. The molecule has 0 amide bonds. The maximum atomic E-state index is 12.9. The highest BCUT2D eigenvalue weighted by atomic mass is 32.1. The van der Waals surface area contributed by atoms with Gasteiger partial charge in [0.15, 0.2) is 11.5 Å². The number of methoxy groups -OCH3 is 1. The highest BCUT2D eigenvalue weighted by molar-refractivity contribution is 7.15. The van der Waals surface area contributed by atoms with E-state index in [2.05, 4.69) is 10.1 Å². The molecule has 0 aliphatic heterocycles. The SMILES string of the molecule is COc1cc(/C=c2/sc3nc(=O)c(Cc4ccc(C)cc4)nn3c2=O)ccc1OC(C)=O. The molecule has 0 saturated carbocycles. The summed E-state index contributed by atoms with van der Waals surface area (Å²) < 4.78 is 11.9. The first kappa shape index (κ1) is 21.4. The predicted molar refractivity (Wildman–Crippen MR) is 120 cm³/mol. The van der Waals surface area contributed by atoms with Crippen molar-refractivity contribution in [3.63, 3.8) is 0 Å². The Morgan fingerprint density at radius 2 is 1.88 bits per heavy atom. The third kappa shape index (κ3) is 4.42. The highest BCUT2D eigenvalue weighted by Gasteiger charge is 2.12. The molecule has 0 radical (unpaired) electrons. The van der Waals surface area contributed by atoms with Crippen molar-refractivity contribution in [2.45, 2.75) is 20.3 Å². The molecule has 0 bridgehead atoms. The Morgan fingerprint density at radius 1 is 1.12 bits per heavy atom. The number of nitrogens with zero attached hydrogens (tertiary/aromatic N) is 3. The van der Waals surface area contributed by atoms with Gasteiger partial charge in [0.2, 0.25) is 4.96 Å². The average molecular weight is 449 g/mol. The summed E-state index contributed by atoms with van der Waals surface area (Å²) in [7, 11) is 1.46. The molecule has 0 aliphatic carbocycles. The van der Waals surface area contributed by atoms with Gasteiger partial charge < -0.3 is 9.47 Å². The third-order valence-electron chi connectivity index (χ3n) is 4.68. The first-order valence-electron chi connectivity index (χ1n) is 9.70. The zero-order valence-electron chi connectivity index (χ0n) is 17.6. The smallest absolute Gasteiger partial charge is 0.308 e. The molecule has 9 heteroatoms. The second kappa shape index (κ2) is 8.72. The van der Waals surface area contributed by atoms with Crippen LogP contribution in [0.15, 0.2) is 52.1 Å². The van der Waals surface area contributed by atoms with Gasteiger partial charge in [-0.3, -0.25) is 14.4 Å². The van der Waals surface area contributed by atoms with E-state index in [0.717, 1.165) is 27.0 Å². The van der Waals surface area contributed by atoms with Crippen molar-refractivity contribution in [3.05, 3.63) is 90.1 Å². The van der Waals surface area contributed by atoms with Crippen LogP contribution in [0.5, 0.6) is 11.5 Å². The lowest BCUT2D eigenvalue weighted by molar-refractivity contribution is -0.132. The summed E-state index contributed by atoms with van der Waals surface area (Å²) in [6, 6.07) is 12.7. The van der Waals surface area contributed by atoms with Crippen molar-refractivity contribution in [2.24, 2.45) is 0 Å². The zero-order chi connectivity index (χ0) is 22.8. The summed E-state index contributed by atoms with van der Waals surface area (Å²) in [5, 5.41) is 4.27. The fourth-order valence-electron chi connectivity index (χ4n) is 3.12. The molecule has 0 unspecified atom stereocenters. The number of aryl methyl sites for hydroxylation is 1. The number of esters is 1.